The van der Waals surface area contributed by atoms with Gasteiger partial charge in [0.15, 0.2) is 6.20 Å². The maximum Gasteiger partial charge on any atom is 0.362 e. The standard InChI is InChI=1S/C9H12N2O2S/c1-4-14-8-7(9(12)13)10-6(2)5-11(8)3/h5H,4H2,1-3H3/p+1. The minimum absolute atomic E-state index is 0.138. The summed E-state index contributed by atoms with van der Waals surface area (Å²) in [6.45, 7) is 3.77. The van der Waals surface area contributed by atoms with Crippen molar-refractivity contribution in [2.24, 2.45) is 7.05 Å². The number of carboxylic acid groups (broad SMARTS) is 1. The van der Waals surface area contributed by atoms with Crippen LogP contribution in [0.3, 0.4) is 0 Å². The topological polar surface area (TPSA) is 54.1 Å². The highest BCUT2D eigenvalue weighted by Gasteiger charge is 2.21. The largest absolute Gasteiger partial charge is 0.476 e. The van der Waals surface area contributed by atoms with Gasteiger partial charge in [0.2, 0.25) is 5.69 Å². The Morgan fingerprint density at radius 3 is 2.86 bits per heavy atom. The van der Waals surface area contributed by atoms with Crippen molar-refractivity contribution in [3.63, 3.8) is 0 Å². The number of aryl methyl sites for hydroxylation is 2. The zero-order chi connectivity index (χ0) is 10.7. The van der Waals surface area contributed by atoms with Gasteiger partial charge in [-0.25, -0.2) is 9.78 Å². The molecule has 0 amide bonds. The molecule has 5 heteroatoms. The summed E-state index contributed by atoms with van der Waals surface area (Å²) in [5.41, 5.74) is 0.852. The number of rotatable bonds is 3. The quantitative estimate of drug-likeness (QED) is 0.601. The van der Waals surface area contributed by atoms with Crippen molar-refractivity contribution in [3.8, 4) is 0 Å². The summed E-state index contributed by atoms with van der Waals surface area (Å²) in [6.07, 6.45) is 1.82. The molecule has 0 aliphatic heterocycles. The van der Waals surface area contributed by atoms with Gasteiger partial charge in [-0.3, -0.25) is 0 Å². The monoisotopic (exact) mass is 213 g/mol. The van der Waals surface area contributed by atoms with Crippen LogP contribution >= 0.6 is 11.8 Å². The first-order valence-electron chi connectivity index (χ1n) is 4.29. The molecule has 0 aliphatic rings. The average Bonchev–Trinajstić information content (AvgIpc) is 2.09. The van der Waals surface area contributed by atoms with Gasteiger partial charge in [0.1, 0.15) is 12.7 Å². The Kier molecular flexibility index (Phi) is 3.46. The molecule has 1 aromatic rings. The van der Waals surface area contributed by atoms with E-state index in [9.17, 15) is 4.79 Å². The van der Waals surface area contributed by atoms with E-state index in [2.05, 4.69) is 4.98 Å². The zero-order valence-electron chi connectivity index (χ0n) is 8.44. The van der Waals surface area contributed by atoms with Crippen molar-refractivity contribution >= 4 is 17.7 Å². The van der Waals surface area contributed by atoms with Gasteiger partial charge in [-0.15, -0.1) is 0 Å². The predicted octanol–water partition coefficient (Wildman–Crippen LogP) is 1.02. The van der Waals surface area contributed by atoms with Crippen molar-refractivity contribution in [3.05, 3.63) is 17.6 Å². The lowest BCUT2D eigenvalue weighted by molar-refractivity contribution is -0.709. The van der Waals surface area contributed by atoms with Gasteiger partial charge in [0.25, 0.3) is 5.03 Å². The SMILES string of the molecule is CCSc1c(C(=O)O)nc(C)c[n+]1C. The molecule has 1 N–H and O–H groups in total. The average molecular weight is 213 g/mol. The second-order valence-corrected chi connectivity index (χ2v) is 4.14. The number of carboxylic acids is 1. The number of aromatic nitrogens is 2. The van der Waals surface area contributed by atoms with Crippen LogP contribution in [0, 0.1) is 6.92 Å². The van der Waals surface area contributed by atoms with E-state index in [1.165, 1.54) is 11.8 Å². The van der Waals surface area contributed by atoms with Gasteiger partial charge in [-0.1, -0.05) is 18.7 Å². The lowest BCUT2D eigenvalue weighted by Crippen LogP contribution is -2.34. The third kappa shape index (κ3) is 2.23. The van der Waals surface area contributed by atoms with Gasteiger partial charge in [0.05, 0.1) is 0 Å². The van der Waals surface area contributed by atoms with E-state index in [1.807, 2.05) is 20.2 Å². The van der Waals surface area contributed by atoms with Crippen molar-refractivity contribution < 1.29 is 14.5 Å². The number of hydrogen-bond donors (Lipinski definition) is 1. The summed E-state index contributed by atoms with van der Waals surface area (Å²) in [6, 6.07) is 0. The van der Waals surface area contributed by atoms with Crippen LogP contribution in [0.4, 0.5) is 0 Å². The second-order valence-electron chi connectivity index (χ2n) is 2.89. The molecule has 0 spiro atoms. The van der Waals surface area contributed by atoms with Crippen LogP contribution < -0.4 is 4.57 Å². The normalized spacial score (nSPS) is 10.2. The fourth-order valence-corrected chi connectivity index (χ4v) is 2.00. The molecule has 0 unspecified atom stereocenters. The molecule has 0 saturated heterocycles. The molecule has 0 aliphatic carbocycles. The molecule has 1 heterocycles. The Morgan fingerprint density at radius 2 is 2.36 bits per heavy atom. The van der Waals surface area contributed by atoms with Crippen LogP contribution in [-0.2, 0) is 7.05 Å². The fourth-order valence-electron chi connectivity index (χ4n) is 1.21. The third-order valence-corrected chi connectivity index (χ3v) is 2.72. The molecule has 76 valence electrons. The fraction of sp³-hybridized carbons (Fsp3) is 0.444. The molecular weight excluding hydrogens is 200 g/mol. The van der Waals surface area contributed by atoms with Crippen LogP contribution in [0.1, 0.15) is 23.1 Å². The van der Waals surface area contributed by atoms with E-state index >= 15 is 0 Å². The lowest BCUT2D eigenvalue weighted by Gasteiger charge is -2.02. The first-order valence-corrected chi connectivity index (χ1v) is 5.28. The molecule has 0 atom stereocenters. The Labute approximate surface area is 87.0 Å². The van der Waals surface area contributed by atoms with Crippen LogP contribution in [-0.4, -0.2) is 21.8 Å². The minimum Gasteiger partial charge on any atom is -0.476 e. The van der Waals surface area contributed by atoms with Crippen LogP contribution in [0.25, 0.3) is 0 Å². The first-order chi connectivity index (χ1) is 6.56. The number of carbonyl (C=O) groups is 1. The van der Waals surface area contributed by atoms with E-state index in [0.717, 1.165) is 5.75 Å². The zero-order valence-corrected chi connectivity index (χ0v) is 9.26. The Balaban J connectivity index is 3.28. The highest BCUT2D eigenvalue weighted by Crippen LogP contribution is 2.16. The Morgan fingerprint density at radius 1 is 1.71 bits per heavy atom. The molecule has 14 heavy (non-hydrogen) atoms. The van der Waals surface area contributed by atoms with Crippen molar-refractivity contribution in [2.75, 3.05) is 5.75 Å². The molecular formula is C9H13N2O2S+. The van der Waals surface area contributed by atoms with Crippen molar-refractivity contribution in [2.45, 2.75) is 18.9 Å². The Bertz CT molecular complexity index is 366. The lowest BCUT2D eigenvalue weighted by atomic mass is 10.4. The van der Waals surface area contributed by atoms with Gasteiger partial charge < -0.3 is 5.11 Å². The summed E-state index contributed by atoms with van der Waals surface area (Å²) >= 11 is 1.49. The summed E-state index contributed by atoms with van der Waals surface area (Å²) in [5.74, 6) is -0.140. The van der Waals surface area contributed by atoms with Crippen LogP contribution in [0.15, 0.2) is 11.2 Å². The van der Waals surface area contributed by atoms with E-state index < -0.39 is 5.97 Å². The summed E-state index contributed by atoms with van der Waals surface area (Å²) in [5, 5.41) is 9.65. The molecule has 0 radical (unpaired) electrons. The van der Waals surface area contributed by atoms with Gasteiger partial charge in [-0.05, 0) is 6.92 Å². The minimum atomic E-state index is -0.972. The maximum absolute atomic E-state index is 10.9. The van der Waals surface area contributed by atoms with Crippen molar-refractivity contribution in [1.29, 1.82) is 0 Å². The van der Waals surface area contributed by atoms with E-state index in [-0.39, 0.29) is 5.69 Å². The summed E-state index contributed by atoms with van der Waals surface area (Å²) in [4.78, 5) is 14.9. The molecule has 1 rings (SSSR count). The highest BCUT2D eigenvalue weighted by molar-refractivity contribution is 7.99. The molecule has 0 aromatic carbocycles. The highest BCUT2D eigenvalue weighted by atomic mass is 32.2. The number of hydrogen-bond acceptors (Lipinski definition) is 3. The van der Waals surface area contributed by atoms with Crippen LogP contribution in [0.2, 0.25) is 0 Å². The Hall–Kier alpha value is -1.10. The van der Waals surface area contributed by atoms with Gasteiger partial charge in [-0.2, -0.15) is 4.57 Å². The first kappa shape index (κ1) is 11.0. The second kappa shape index (κ2) is 4.41. The number of nitrogens with zero attached hydrogens (tertiary/aromatic N) is 2. The molecule has 0 bridgehead atoms. The predicted molar refractivity (Wildman–Crippen MR) is 53.5 cm³/mol. The number of aromatic carboxylic acids is 1. The number of thioether (sulfide) groups is 1. The summed E-state index contributed by atoms with van der Waals surface area (Å²) in [7, 11) is 1.83. The molecule has 0 saturated carbocycles. The smallest absolute Gasteiger partial charge is 0.362 e. The summed E-state index contributed by atoms with van der Waals surface area (Å²) < 4.78 is 1.81. The van der Waals surface area contributed by atoms with E-state index in [0.29, 0.717) is 10.7 Å². The van der Waals surface area contributed by atoms with E-state index in [4.69, 9.17) is 5.11 Å². The van der Waals surface area contributed by atoms with Gasteiger partial charge >= 0.3 is 5.97 Å². The third-order valence-electron chi connectivity index (χ3n) is 1.68. The molecule has 4 nitrogen and oxygen atoms in total. The molecule has 1 aromatic heterocycles. The van der Waals surface area contributed by atoms with Gasteiger partial charge in [0, 0.05) is 5.75 Å². The maximum atomic E-state index is 10.9. The van der Waals surface area contributed by atoms with E-state index in [1.54, 1.807) is 11.5 Å². The van der Waals surface area contributed by atoms with Crippen LogP contribution in [0.5, 0.6) is 0 Å². The molecule has 0 fully saturated rings. The van der Waals surface area contributed by atoms with Crippen molar-refractivity contribution in [1.82, 2.24) is 4.98 Å².